The molecular weight excluding hydrogens is 423 g/mol. The van der Waals surface area contributed by atoms with Crippen LogP contribution in [0.15, 0.2) is 29.2 Å². The van der Waals surface area contributed by atoms with Crippen LogP contribution in [0, 0.1) is 6.92 Å². The maximum absolute atomic E-state index is 12.4. The Labute approximate surface area is 144 Å². The van der Waals surface area contributed by atoms with E-state index in [0.717, 1.165) is 5.56 Å². The van der Waals surface area contributed by atoms with Crippen LogP contribution in [-0.2, 0) is 23.8 Å². The van der Waals surface area contributed by atoms with Gasteiger partial charge in [-0.05, 0) is 19.1 Å². The molecule has 1 fully saturated rings. The molecule has 1 aromatic carbocycles. The summed E-state index contributed by atoms with van der Waals surface area (Å²) in [7, 11) is -2.46. The first-order chi connectivity index (χ1) is 10.4. The molecule has 1 aliphatic heterocycles. The van der Waals surface area contributed by atoms with E-state index in [1.165, 1.54) is 19.2 Å². The van der Waals surface area contributed by atoms with Gasteiger partial charge in [-0.3, -0.25) is 4.18 Å². The molecule has 6 nitrogen and oxygen atoms in total. The highest BCUT2D eigenvalue weighted by atomic mass is 127. The zero-order valence-electron chi connectivity index (χ0n) is 12.3. The van der Waals surface area contributed by atoms with Crippen molar-refractivity contribution in [2.24, 2.45) is 0 Å². The molecule has 0 amide bonds. The van der Waals surface area contributed by atoms with E-state index in [4.69, 9.17) is 13.7 Å². The highest BCUT2D eigenvalue weighted by molar-refractivity contribution is 14.1. The number of alkyl halides is 1. The Morgan fingerprint density at radius 1 is 1.36 bits per heavy atom. The van der Waals surface area contributed by atoms with Crippen LogP contribution in [0.3, 0.4) is 0 Å². The molecule has 0 spiro atoms. The van der Waals surface area contributed by atoms with Gasteiger partial charge in [-0.15, -0.1) is 0 Å². The summed E-state index contributed by atoms with van der Waals surface area (Å²) in [6.07, 6.45) is -2.72. The van der Waals surface area contributed by atoms with Crippen LogP contribution in [0.1, 0.15) is 12.0 Å². The molecule has 8 heteroatoms. The van der Waals surface area contributed by atoms with E-state index in [2.05, 4.69) is 22.6 Å². The van der Waals surface area contributed by atoms with Crippen molar-refractivity contribution >= 4 is 32.7 Å². The number of rotatable bonds is 5. The number of hydrogen-bond donors (Lipinski definition) is 1. The van der Waals surface area contributed by atoms with Crippen molar-refractivity contribution in [3.8, 4) is 0 Å². The number of halogens is 1. The summed E-state index contributed by atoms with van der Waals surface area (Å²) in [5.74, 6) is 0. The highest BCUT2D eigenvalue weighted by Crippen LogP contribution is 2.28. The summed E-state index contributed by atoms with van der Waals surface area (Å²) in [5.41, 5.74) is 0.961. The summed E-state index contributed by atoms with van der Waals surface area (Å²) in [6, 6.07) is 6.43. The molecule has 1 aromatic rings. The highest BCUT2D eigenvalue weighted by Gasteiger charge is 2.41. The second-order valence-corrected chi connectivity index (χ2v) is 7.57. The summed E-state index contributed by atoms with van der Waals surface area (Å²) in [6.45, 7) is 1.88. The maximum atomic E-state index is 12.4. The fourth-order valence-electron chi connectivity index (χ4n) is 2.29. The van der Waals surface area contributed by atoms with Crippen molar-refractivity contribution in [2.45, 2.75) is 42.8 Å². The van der Waals surface area contributed by atoms with Crippen LogP contribution in [0.2, 0.25) is 0 Å². The van der Waals surface area contributed by atoms with Crippen molar-refractivity contribution in [1.82, 2.24) is 0 Å². The van der Waals surface area contributed by atoms with Crippen molar-refractivity contribution in [2.75, 3.05) is 11.5 Å². The van der Waals surface area contributed by atoms with E-state index >= 15 is 0 Å². The number of aliphatic hydroxyl groups is 1. The Morgan fingerprint density at radius 3 is 2.55 bits per heavy atom. The van der Waals surface area contributed by atoms with Crippen molar-refractivity contribution in [1.29, 1.82) is 0 Å². The van der Waals surface area contributed by atoms with Gasteiger partial charge in [0.15, 0.2) is 6.29 Å². The molecule has 124 valence electrons. The van der Waals surface area contributed by atoms with Crippen LogP contribution in [0.4, 0.5) is 0 Å². The van der Waals surface area contributed by atoms with Crippen LogP contribution >= 0.6 is 22.6 Å². The lowest BCUT2D eigenvalue weighted by Crippen LogP contribution is -2.51. The van der Waals surface area contributed by atoms with Gasteiger partial charge in [-0.1, -0.05) is 40.3 Å². The number of hydrogen-bond acceptors (Lipinski definition) is 6. The number of aliphatic hydroxyl groups excluding tert-OH is 1. The van der Waals surface area contributed by atoms with Gasteiger partial charge in [-0.2, -0.15) is 8.42 Å². The van der Waals surface area contributed by atoms with E-state index in [9.17, 15) is 13.5 Å². The first-order valence-electron chi connectivity index (χ1n) is 6.79. The third-order valence-electron chi connectivity index (χ3n) is 3.50. The predicted octanol–water partition coefficient (Wildman–Crippen LogP) is 1.63. The van der Waals surface area contributed by atoms with E-state index in [-0.39, 0.29) is 11.3 Å². The van der Waals surface area contributed by atoms with E-state index < -0.39 is 34.7 Å². The fraction of sp³-hybridized carbons (Fsp3) is 0.571. The fourth-order valence-corrected chi connectivity index (χ4v) is 4.12. The molecule has 1 aliphatic rings. The van der Waals surface area contributed by atoms with Crippen LogP contribution in [0.5, 0.6) is 0 Å². The molecule has 2 rings (SSSR count). The van der Waals surface area contributed by atoms with Crippen LogP contribution in [0.25, 0.3) is 0 Å². The lowest BCUT2D eigenvalue weighted by molar-refractivity contribution is -0.223. The maximum Gasteiger partial charge on any atom is 0.297 e. The molecule has 0 aromatic heterocycles. The molecule has 0 unspecified atom stereocenters. The molecule has 22 heavy (non-hydrogen) atoms. The summed E-state index contributed by atoms with van der Waals surface area (Å²) >= 11 is 2.06. The van der Waals surface area contributed by atoms with Crippen LogP contribution < -0.4 is 0 Å². The molecule has 0 aliphatic carbocycles. The number of ether oxygens (including phenoxy) is 2. The van der Waals surface area contributed by atoms with Crippen LogP contribution in [-0.4, -0.2) is 49.7 Å². The third-order valence-corrected chi connectivity index (χ3v) is 5.69. The first kappa shape index (κ1) is 18.1. The van der Waals surface area contributed by atoms with Gasteiger partial charge in [0.25, 0.3) is 10.1 Å². The zero-order chi connectivity index (χ0) is 16.3. The lowest BCUT2D eigenvalue weighted by Gasteiger charge is -2.38. The molecule has 1 saturated heterocycles. The van der Waals surface area contributed by atoms with Crippen molar-refractivity contribution in [3.05, 3.63) is 29.8 Å². The smallest absolute Gasteiger partial charge is 0.297 e. The second kappa shape index (κ2) is 7.54. The average Bonchev–Trinajstić information content (AvgIpc) is 2.48. The average molecular weight is 442 g/mol. The standard InChI is InChI=1S/C14H19IO6S/c1-9-3-5-10(6-4-9)22(17,18)21-14-11(19-2)7-13(16)20-12(14)8-15/h3-6,11-14,16H,7-8H2,1-2H3/t11-,12+,13-,14-/m0/s1. The Kier molecular flexibility index (Phi) is 6.20. The minimum atomic E-state index is -3.93. The molecular formula is C14H19IO6S. The normalized spacial score (nSPS) is 29.5. The molecule has 0 bridgehead atoms. The minimum Gasteiger partial charge on any atom is -0.378 e. The monoisotopic (exact) mass is 442 g/mol. The minimum absolute atomic E-state index is 0.0892. The molecule has 1 heterocycles. The van der Waals surface area contributed by atoms with Crippen molar-refractivity contribution in [3.63, 3.8) is 0 Å². The summed E-state index contributed by atoms with van der Waals surface area (Å²) in [5, 5.41) is 9.67. The van der Waals surface area contributed by atoms with E-state index in [1.807, 2.05) is 6.92 Å². The molecule has 0 radical (unpaired) electrons. The molecule has 0 saturated carbocycles. The van der Waals surface area contributed by atoms with Gasteiger partial charge in [-0.25, -0.2) is 0 Å². The quantitative estimate of drug-likeness (QED) is 0.424. The number of aryl methyl sites for hydroxylation is 1. The van der Waals surface area contributed by atoms with Gasteiger partial charge >= 0.3 is 0 Å². The van der Waals surface area contributed by atoms with Gasteiger partial charge < -0.3 is 14.6 Å². The zero-order valence-corrected chi connectivity index (χ0v) is 15.3. The summed E-state index contributed by atoms with van der Waals surface area (Å²) < 4.78 is 41.3. The Balaban J connectivity index is 2.23. The predicted molar refractivity (Wildman–Crippen MR) is 88.4 cm³/mol. The van der Waals surface area contributed by atoms with Crippen molar-refractivity contribution < 1.29 is 27.2 Å². The first-order valence-corrected chi connectivity index (χ1v) is 9.73. The molecule has 4 atom stereocenters. The van der Waals surface area contributed by atoms with Gasteiger partial charge in [0, 0.05) is 18.0 Å². The van der Waals surface area contributed by atoms with E-state index in [0.29, 0.717) is 4.43 Å². The largest absolute Gasteiger partial charge is 0.378 e. The van der Waals surface area contributed by atoms with Gasteiger partial charge in [0.1, 0.15) is 6.10 Å². The van der Waals surface area contributed by atoms with Gasteiger partial charge in [0.2, 0.25) is 0 Å². The Morgan fingerprint density at radius 2 is 2.00 bits per heavy atom. The second-order valence-electron chi connectivity index (χ2n) is 5.12. The topological polar surface area (TPSA) is 82.1 Å². The Bertz CT molecular complexity index is 574. The van der Waals surface area contributed by atoms with Gasteiger partial charge in [0.05, 0.1) is 17.1 Å². The SMILES string of the molecule is CO[C@H]1C[C@@H](O)O[C@H](CI)[C@H]1OS(=O)(=O)c1ccc(C)cc1. The number of benzene rings is 1. The molecule has 1 N–H and O–H groups in total. The third kappa shape index (κ3) is 4.18. The number of methoxy groups -OCH3 is 1. The lowest BCUT2D eigenvalue weighted by atomic mass is 10.0. The van der Waals surface area contributed by atoms with E-state index in [1.54, 1.807) is 12.1 Å². The Hall–Kier alpha value is -0.260. The summed E-state index contributed by atoms with van der Waals surface area (Å²) in [4.78, 5) is 0.0892.